The molecule has 0 radical (unpaired) electrons. The van der Waals surface area contributed by atoms with Gasteiger partial charge in [-0.2, -0.15) is 0 Å². The highest BCUT2D eigenvalue weighted by Gasteiger charge is 2.13. The van der Waals surface area contributed by atoms with Crippen molar-refractivity contribution in [2.24, 2.45) is 0 Å². The molecule has 108 valence electrons. The van der Waals surface area contributed by atoms with Crippen LogP contribution in [0.2, 0.25) is 0 Å². The van der Waals surface area contributed by atoms with Gasteiger partial charge in [-0.05, 0) is 36.8 Å². The Morgan fingerprint density at radius 2 is 2.00 bits per heavy atom. The van der Waals surface area contributed by atoms with Gasteiger partial charge in [0.25, 0.3) is 5.89 Å². The summed E-state index contributed by atoms with van der Waals surface area (Å²) >= 11 is 0. The molecule has 1 N–H and O–H groups in total. The van der Waals surface area contributed by atoms with Gasteiger partial charge < -0.3 is 18.7 Å². The summed E-state index contributed by atoms with van der Waals surface area (Å²) in [5, 5.41) is 8.99. The minimum Gasteiger partial charge on any atom is -0.487 e. The van der Waals surface area contributed by atoms with Gasteiger partial charge in [0.2, 0.25) is 0 Å². The number of nitrogens with zero attached hydrogens (tertiary/aromatic N) is 1. The van der Waals surface area contributed by atoms with E-state index in [1.165, 1.54) is 0 Å². The molecule has 0 aliphatic rings. The van der Waals surface area contributed by atoms with Crippen molar-refractivity contribution in [1.82, 2.24) is 4.98 Å². The summed E-state index contributed by atoms with van der Waals surface area (Å²) in [7, 11) is 0. The minimum atomic E-state index is 0.0230. The second-order valence-electron chi connectivity index (χ2n) is 4.59. The molecular weight excluding hydrogens is 270 g/mol. The molecule has 0 spiro atoms. The van der Waals surface area contributed by atoms with Gasteiger partial charge >= 0.3 is 0 Å². The van der Waals surface area contributed by atoms with Crippen molar-refractivity contribution in [2.45, 2.75) is 20.1 Å². The van der Waals surface area contributed by atoms with Gasteiger partial charge in [-0.1, -0.05) is 12.1 Å². The molecule has 0 bridgehead atoms. The first kappa shape index (κ1) is 13.5. The SMILES string of the molecule is Cc1oc(-c2ccco2)nc1COc1ccc(CO)cc1. The minimum absolute atomic E-state index is 0.0230. The van der Waals surface area contributed by atoms with Gasteiger partial charge in [0.15, 0.2) is 5.76 Å². The van der Waals surface area contributed by atoms with Gasteiger partial charge in [-0.25, -0.2) is 4.98 Å². The molecular formula is C16H15NO4. The Balaban J connectivity index is 1.70. The van der Waals surface area contributed by atoms with Crippen LogP contribution in [0.1, 0.15) is 17.0 Å². The number of aromatic nitrogens is 1. The van der Waals surface area contributed by atoms with E-state index in [-0.39, 0.29) is 6.61 Å². The van der Waals surface area contributed by atoms with Gasteiger partial charge in [0, 0.05) is 0 Å². The number of hydrogen-bond donors (Lipinski definition) is 1. The maximum absolute atomic E-state index is 8.99. The van der Waals surface area contributed by atoms with E-state index in [0.29, 0.717) is 29.8 Å². The Labute approximate surface area is 121 Å². The molecule has 0 aliphatic carbocycles. The molecule has 2 heterocycles. The van der Waals surface area contributed by atoms with E-state index in [4.69, 9.17) is 18.7 Å². The Morgan fingerprint density at radius 1 is 1.19 bits per heavy atom. The van der Waals surface area contributed by atoms with Crippen LogP contribution in [0.5, 0.6) is 5.75 Å². The lowest BCUT2D eigenvalue weighted by molar-refractivity contribution is 0.280. The summed E-state index contributed by atoms with van der Waals surface area (Å²) in [5.41, 5.74) is 1.58. The van der Waals surface area contributed by atoms with Crippen LogP contribution >= 0.6 is 0 Å². The third-order valence-electron chi connectivity index (χ3n) is 3.11. The molecule has 0 aliphatic heterocycles. The fraction of sp³-hybridized carbons (Fsp3) is 0.188. The fourth-order valence-electron chi connectivity index (χ4n) is 1.91. The first-order chi connectivity index (χ1) is 10.3. The predicted molar refractivity (Wildman–Crippen MR) is 75.6 cm³/mol. The summed E-state index contributed by atoms with van der Waals surface area (Å²) in [6, 6.07) is 10.8. The normalized spacial score (nSPS) is 10.8. The molecule has 5 heteroatoms. The van der Waals surface area contributed by atoms with Crippen LogP contribution in [0.15, 0.2) is 51.5 Å². The number of benzene rings is 1. The van der Waals surface area contributed by atoms with Gasteiger partial charge in [0.05, 0.1) is 12.9 Å². The molecule has 3 rings (SSSR count). The summed E-state index contributed by atoms with van der Waals surface area (Å²) < 4.78 is 16.5. The molecule has 5 nitrogen and oxygen atoms in total. The molecule has 0 unspecified atom stereocenters. The van der Waals surface area contributed by atoms with E-state index in [1.807, 2.05) is 31.2 Å². The van der Waals surface area contributed by atoms with Gasteiger partial charge in [0.1, 0.15) is 23.8 Å². The number of furan rings is 1. The molecule has 21 heavy (non-hydrogen) atoms. The van der Waals surface area contributed by atoms with E-state index in [2.05, 4.69) is 4.98 Å². The molecule has 0 atom stereocenters. The number of aryl methyl sites for hydroxylation is 1. The third kappa shape index (κ3) is 2.98. The van der Waals surface area contributed by atoms with Crippen LogP contribution in [0.4, 0.5) is 0 Å². The van der Waals surface area contributed by atoms with Crippen LogP contribution in [0.25, 0.3) is 11.7 Å². The highest BCUT2D eigenvalue weighted by Crippen LogP contribution is 2.23. The van der Waals surface area contributed by atoms with Crippen LogP contribution in [-0.2, 0) is 13.2 Å². The van der Waals surface area contributed by atoms with E-state index in [1.54, 1.807) is 18.4 Å². The van der Waals surface area contributed by atoms with E-state index >= 15 is 0 Å². The summed E-state index contributed by atoms with van der Waals surface area (Å²) in [5.74, 6) is 2.46. The fourth-order valence-corrected chi connectivity index (χ4v) is 1.91. The van der Waals surface area contributed by atoms with Crippen molar-refractivity contribution in [3.05, 3.63) is 59.7 Å². The first-order valence-corrected chi connectivity index (χ1v) is 6.59. The zero-order valence-electron chi connectivity index (χ0n) is 11.6. The predicted octanol–water partition coefficient (Wildman–Crippen LogP) is 3.31. The lowest BCUT2D eigenvalue weighted by Gasteiger charge is -2.04. The highest BCUT2D eigenvalue weighted by atomic mass is 16.5. The number of aliphatic hydroxyl groups is 1. The van der Waals surface area contributed by atoms with Gasteiger partial charge in [-0.3, -0.25) is 0 Å². The quantitative estimate of drug-likeness (QED) is 0.778. The maximum atomic E-state index is 8.99. The molecule has 1 aromatic carbocycles. The Morgan fingerprint density at radius 3 is 2.67 bits per heavy atom. The van der Waals surface area contributed by atoms with Crippen LogP contribution in [-0.4, -0.2) is 10.1 Å². The monoisotopic (exact) mass is 285 g/mol. The van der Waals surface area contributed by atoms with Crippen molar-refractivity contribution in [3.8, 4) is 17.4 Å². The molecule has 0 fully saturated rings. The van der Waals surface area contributed by atoms with Gasteiger partial charge in [-0.15, -0.1) is 0 Å². The number of ether oxygens (including phenoxy) is 1. The van der Waals surface area contributed by atoms with Crippen molar-refractivity contribution in [1.29, 1.82) is 0 Å². The van der Waals surface area contributed by atoms with Crippen LogP contribution in [0, 0.1) is 6.92 Å². The van der Waals surface area contributed by atoms with E-state index < -0.39 is 0 Å². The standard InChI is InChI=1S/C16H15NO4/c1-11-14(17-16(21-11)15-3-2-8-19-15)10-20-13-6-4-12(9-18)5-7-13/h2-8,18H,9-10H2,1H3. The number of hydrogen-bond acceptors (Lipinski definition) is 5. The second-order valence-corrected chi connectivity index (χ2v) is 4.59. The molecule has 0 saturated heterocycles. The van der Waals surface area contributed by atoms with Crippen molar-refractivity contribution in [2.75, 3.05) is 0 Å². The highest BCUT2D eigenvalue weighted by molar-refractivity contribution is 5.44. The van der Waals surface area contributed by atoms with Crippen molar-refractivity contribution in [3.63, 3.8) is 0 Å². The number of aliphatic hydroxyl groups excluding tert-OH is 1. The lowest BCUT2D eigenvalue weighted by Crippen LogP contribution is -1.97. The van der Waals surface area contributed by atoms with E-state index in [0.717, 1.165) is 11.3 Å². The first-order valence-electron chi connectivity index (χ1n) is 6.59. The summed E-state index contributed by atoms with van der Waals surface area (Å²) in [6.45, 7) is 2.18. The third-order valence-corrected chi connectivity index (χ3v) is 3.11. The average molecular weight is 285 g/mol. The topological polar surface area (TPSA) is 68.6 Å². The van der Waals surface area contributed by atoms with Crippen LogP contribution < -0.4 is 4.74 Å². The van der Waals surface area contributed by atoms with E-state index in [9.17, 15) is 0 Å². The summed E-state index contributed by atoms with van der Waals surface area (Å²) in [4.78, 5) is 4.38. The summed E-state index contributed by atoms with van der Waals surface area (Å²) in [6.07, 6.45) is 1.58. The second kappa shape index (κ2) is 5.85. The zero-order chi connectivity index (χ0) is 14.7. The Hall–Kier alpha value is -2.53. The number of rotatable bonds is 5. The average Bonchev–Trinajstić information content (AvgIpc) is 3.15. The zero-order valence-corrected chi connectivity index (χ0v) is 11.6. The number of oxazole rings is 1. The molecule has 3 aromatic rings. The lowest BCUT2D eigenvalue weighted by atomic mass is 10.2. The molecule has 0 amide bonds. The Bertz CT molecular complexity index is 698. The Kier molecular flexibility index (Phi) is 3.75. The largest absolute Gasteiger partial charge is 0.487 e. The van der Waals surface area contributed by atoms with Crippen molar-refractivity contribution >= 4 is 0 Å². The molecule has 2 aromatic heterocycles. The van der Waals surface area contributed by atoms with Crippen LogP contribution in [0.3, 0.4) is 0 Å². The smallest absolute Gasteiger partial charge is 0.263 e. The molecule has 0 saturated carbocycles. The maximum Gasteiger partial charge on any atom is 0.263 e. The van der Waals surface area contributed by atoms with Crippen molar-refractivity contribution < 1.29 is 18.7 Å².